The Balaban J connectivity index is 1.66. The molecule has 1 spiro atoms. The topological polar surface area (TPSA) is 227 Å². The van der Waals surface area contributed by atoms with Crippen LogP contribution in [0.5, 0.6) is 11.5 Å². The van der Waals surface area contributed by atoms with Gasteiger partial charge in [-0.2, -0.15) is 0 Å². The Bertz CT molecular complexity index is 1440. The van der Waals surface area contributed by atoms with Gasteiger partial charge in [0.2, 0.25) is 0 Å². The molecule has 0 bridgehead atoms. The first-order valence-corrected chi connectivity index (χ1v) is 14.1. The quantitative estimate of drug-likeness (QED) is 0.125. The summed E-state index contributed by atoms with van der Waals surface area (Å²) in [6, 6.07) is 16.0. The molecule has 0 radical (unpaired) electrons. The number of benzene rings is 3. The molecule has 13 nitrogen and oxygen atoms in total. The molecule has 2 aliphatic heterocycles. The summed E-state index contributed by atoms with van der Waals surface area (Å²) in [6.45, 7) is 0. The summed E-state index contributed by atoms with van der Waals surface area (Å²) in [5.41, 5.74) is 11.9. The maximum Gasteiger partial charge on any atom is 0.362 e. The molecule has 2 unspecified atom stereocenters. The third-order valence-corrected chi connectivity index (χ3v) is 7.78. The van der Waals surface area contributed by atoms with Crippen molar-refractivity contribution in [2.75, 3.05) is 10.6 Å². The van der Waals surface area contributed by atoms with E-state index in [2.05, 4.69) is 10.6 Å². The van der Waals surface area contributed by atoms with Gasteiger partial charge in [-0.1, -0.05) is 18.2 Å². The lowest BCUT2D eigenvalue weighted by Crippen LogP contribution is -2.34. The summed E-state index contributed by atoms with van der Waals surface area (Å²) in [4.78, 5) is 50.3. The summed E-state index contributed by atoms with van der Waals surface area (Å²) >= 11 is 0. The van der Waals surface area contributed by atoms with Crippen molar-refractivity contribution in [3.8, 4) is 11.5 Å². The molecule has 5 rings (SSSR count). The van der Waals surface area contributed by atoms with Crippen molar-refractivity contribution in [1.82, 2.24) is 0 Å². The van der Waals surface area contributed by atoms with Crippen molar-refractivity contribution >= 4 is 32.5 Å². The molecular weight excluding hydrogens is 526 g/mol. The van der Waals surface area contributed by atoms with Gasteiger partial charge in [0.05, 0.1) is 5.56 Å². The maximum atomic E-state index is 12.9. The van der Waals surface area contributed by atoms with Crippen LogP contribution in [0.1, 0.15) is 27.0 Å². The van der Waals surface area contributed by atoms with E-state index in [-0.39, 0.29) is 22.9 Å². The smallest absolute Gasteiger partial charge is 0.362 e. The van der Waals surface area contributed by atoms with E-state index < -0.39 is 38.6 Å². The molecule has 2 heterocycles. The average molecular weight is 548 g/mol. The number of fused-ring (bicyclic) bond motifs is 6. The molecule has 0 aromatic heterocycles. The van der Waals surface area contributed by atoms with Gasteiger partial charge in [-0.3, -0.25) is 9.13 Å². The van der Waals surface area contributed by atoms with Crippen molar-refractivity contribution in [3.05, 3.63) is 82.9 Å². The molecule has 15 heteroatoms. The molecule has 194 valence electrons. The van der Waals surface area contributed by atoms with Gasteiger partial charge in [0.15, 0.2) is 17.4 Å². The highest BCUT2D eigenvalue weighted by atomic mass is 31.2. The van der Waals surface area contributed by atoms with E-state index in [1.54, 1.807) is 36.4 Å². The lowest BCUT2D eigenvalue weighted by atomic mass is 9.77. The Morgan fingerprint density at radius 1 is 0.757 bits per heavy atom. The number of carbonyl (C=O) groups is 1. The molecule has 3 aromatic carbocycles. The van der Waals surface area contributed by atoms with Gasteiger partial charge in [0.1, 0.15) is 11.5 Å². The SMILES string of the molecule is NC(Nc1ccc2c(c1)Oc1cc(NC(N)P(=O)(O)O)ccc1C21OC(=O)c2ccccc21)P(=O)(O)O. The highest BCUT2D eigenvalue weighted by molar-refractivity contribution is 7.52. The molecule has 0 aliphatic carbocycles. The first-order valence-electron chi connectivity index (χ1n) is 10.7. The van der Waals surface area contributed by atoms with Crippen LogP contribution >= 0.6 is 15.2 Å². The molecule has 37 heavy (non-hydrogen) atoms. The fourth-order valence-electron chi connectivity index (χ4n) is 4.37. The fraction of sp³-hybridized carbons (Fsp3) is 0.136. The van der Waals surface area contributed by atoms with Gasteiger partial charge in [-0.05, 0) is 30.3 Å². The van der Waals surface area contributed by atoms with Crippen LogP contribution in [0, 0.1) is 0 Å². The Hall–Kier alpha value is -3.25. The van der Waals surface area contributed by atoms with E-state index in [1.165, 1.54) is 24.3 Å². The van der Waals surface area contributed by atoms with Crippen LogP contribution in [0.4, 0.5) is 11.4 Å². The van der Waals surface area contributed by atoms with Crippen LogP contribution in [0.3, 0.4) is 0 Å². The second kappa shape index (κ2) is 8.66. The second-order valence-corrected chi connectivity index (χ2v) is 12.0. The largest absolute Gasteiger partial charge is 0.456 e. The molecule has 0 fully saturated rings. The molecule has 10 N–H and O–H groups in total. The first kappa shape index (κ1) is 25.4. The average Bonchev–Trinajstić information content (AvgIpc) is 3.11. The zero-order valence-electron chi connectivity index (χ0n) is 18.8. The maximum absolute atomic E-state index is 12.9. The van der Waals surface area contributed by atoms with Crippen LogP contribution in [0.15, 0.2) is 60.7 Å². The third kappa shape index (κ3) is 4.31. The molecule has 2 aliphatic rings. The van der Waals surface area contributed by atoms with Crippen molar-refractivity contribution in [3.63, 3.8) is 0 Å². The molecule has 3 aromatic rings. The van der Waals surface area contributed by atoms with Crippen molar-refractivity contribution < 1.29 is 43.0 Å². The summed E-state index contributed by atoms with van der Waals surface area (Å²) in [5, 5.41) is 5.06. The van der Waals surface area contributed by atoms with Crippen molar-refractivity contribution in [2.24, 2.45) is 11.5 Å². The normalized spacial score (nSPS) is 19.7. The summed E-state index contributed by atoms with van der Waals surface area (Å²) < 4.78 is 35.1. The minimum Gasteiger partial charge on any atom is -0.456 e. The van der Waals surface area contributed by atoms with E-state index >= 15 is 0 Å². The van der Waals surface area contributed by atoms with Crippen LogP contribution in [-0.2, 0) is 19.5 Å². The van der Waals surface area contributed by atoms with Gasteiger partial charge in [0, 0.05) is 40.2 Å². The number of anilines is 2. The van der Waals surface area contributed by atoms with Gasteiger partial charge < -0.3 is 51.1 Å². The van der Waals surface area contributed by atoms with Gasteiger partial charge in [0.25, 0.3) is 0 Å². The molecule has 0 amide bonds. The molecule has 2 atom stereocenters. The lowest BCUT2D eigenvalue weighted by Gasteiger charge is -2.37. The second-order valence-electron chi connectivity index (χ2n) is 8.50. The number of nitrogens with one attached hydrogen (secondary N) is 2. The minimum atomic E-state index is -4.64. The van der Waals surface area contributed by atoms with Crippen LogP contribution < -0.4 is 26.8 Å². The summed E-state index contributed by atoms with van der Waals surface area (Å²) in [5.74, 6) is -3.53. The zero-order chi connectivity index (χ0) is 26.8. The van der Waals surface area contributed by atoms with Crippen molar-refractivity contribution in [1.29, 1.82) is 0 Å². The first-order chi connectivity index (χ1) is 17.3. The summed E-state index contributed by atoms with van der Waals surface area (Å²) in [7, 11) is -9.29. The number of hydrogen-bond donors (Lipinski definition) is 8. The summed E-state index contributed by atoms with van der Waals surface area (Å²) in [6.07, 6.45) is 0. The van der Waals surface area contributed by atoms with E-state index in [0.717, 1.165) is 0 Å². The van der Waals surface area contributed by atoms with E-state index in [9.17, 15) is 33.5 Å². The number of ether oxygens (including phenoxy) is 2. The number of rotatable bonds is 6. The fourth-order valence-corrected chi connectivity index (χ4v) is 5.00. The molecular formula is C22H22N4O9P2. The molecule has 0 saturated carbocycles. The number of carbonyl (C=O) groups excluding carboxylic acids is 1. The van der Waals surface area contributed by atoms with Crippen LogP contribution in [-0.4, -0.2) is 37.4 Å². The number of nitrogens with two attached hydrogens (primary N) is 2. The standard InChI is InChI=1S/C22H22N4O9P2/c23-20(36(28,29)30)25-11-5-7-15-17(9-11)34-18-10-12(26-21(24)37(31,32)33)6-8-16(18)22(15)14-4-2-1-3-13(14)19(27)35-22/h1-10,20-21,25-26H,23-24H2,(H2,28,29,30)(H2,31,32,33). The number of hydrogen-bond acceptors (Lipinski definition) is 9. The Morgan fingerprint density at radius 2 is 1.24 bits per heavy atom. The van der Waals surface area contributed by atoms with Crippen LogP contribution in [0.2, 0.25) is 0 Å². The van der Waals surface area contributed by atoms with E-state index in [4.69, 9.17) is 20.9 Å². The van der Waals surface area contributed by atoms with Crippen LogP contribution in [0.25, 0.3) is 0 Å². The van der Waals surface area contributed by atoms with E-state index in [1.807, 2.05) is 0 Å². The van der Waals surface area contributed by atoms with Gasteiger partial charge in [-0.25, -0.2) is 4.79 Å². The van der Waals surface area contributed by atoms with E-state index in [0.29, 0.717) is 22.3 Å². The van der Waals surface area contributed by atoms with Gasteiger partial charge >= 0.3 is 21.2 Å². The molecule has 0 saturated heterocycles. The van der Waals surface area contributed by atoms with Crippen molar-refractivity contribution in [2.45, 2.75) is 17.4 Å². The monoisotopic (exact) mass is 548 g/mol. The van der Waals surface area contributed by atoms with Gasteiger partial charge in [-0.15, -0.1) is 0 Å². The minimum absolute atomic E-state index is 0.191. The predicted molar refractivity (Wildman–Crippen MR) is 132 cm³/mol. The Labute approximate surface area is 209 Å². The third-order valence-electron chi connectivity index (χ3n) is 6.07. The Kier molecular flexibility index (Phi) is 5.94. The Morgan fingerprint density at radius 3 is 1.73 bits per heavy atom. The highest BCUT2D eigenvalue weighted by Gasteiger charge is 2.53. The zero-order valence-corrected chi connectivity index (χ0v) is 20.6. The highest BCUT2D eigenvalue weighted by Crippen LogP contribution is 2.57. The number of esters is 1. The lowest BCUT2D eigenvalue weighted by molar-refractivity contribution is 0.0224. The predicted octanol–water partition coefficient (Wildman–Crippen LogP) is 1.92.